The van der Waals surface area contributed by atoms with Crippen LogP contribution in [0.15, 0.2) is 65.6 Å². The van der Waals surface area contributed by atoms with E-state index in [1.807, 2.05) is 12.1 Å². The molecule has 4 rings (SSSR count). The van der Waals surface area contributed by atoms with E-state index in [-0.39, 0.29) is 11.1 Å². The van der Waals surface area contributed by atoms with E-state index in [1.165, 1.54) is 5.56 Å². The van der Waals surface area contributed by atoms with E-state index in [0.717, 1.165) is 30.8 Å². The highest BCUT2D eigenvalue weighted by atomic mass is 16.4. The van der Waals surface area contributed by atoms with Gasteiger partial charge in [-0.3, -0.25) is 4.79 Å². The van der Waals surface area contributed by atoms with Crippen LogP contribution in [0.3, 0.4) is 0 Å². The summed E-state index contributed by atoms with van der Waals surface area (Å²) < 4.78 is 0. The van der Waals surface area contributed by atoms with E-state index in [2.05, 4.69) is 60.2 Å². The van der Waals surface area contributed by atoms with Crippen molar-refractivity contribution in [1.29, 1.82) is 0 Å². The second-order valence-electron chi connectivity index (χ2n) is 8.50. The quantitative estimate of drug-likeness (QED) is 0.434. The zero-order valence-corrected chi connectivity index (χ0v) is 18.6. The number of fused-ring (bicyclic) bond motifs is 3. The Labute approximate surface area is 186 Å². The van der Waals surface area contributed by atoms with Crippen molar-refractivity contribution in [1.82, 2.24) is 14.8 Å². The number of pyridine rings is 1. The number of nitrogens with one attached hydrogen (secondary N) is 1. The standard InChI is InChI=1S/C26H27N3O3/c1-28(2)12-13-29(3)16-17-4-6-18(7-5-17)19-8-9-21-22(14-19)24-20(10-11-27-25(24)30)15-23(21)26(31)32/h4-11,14-15H,12-13,16H2,1-3H3,(H,27,30)(H,31,32). The molecule has 0 atom stereocenters. The molecule has 32 heavy (non-hydrogen) atoms. The number of H-pyrrole nitrogens is 1. The van der Waals surface area contributed by atoms with Crippen molar-refractivity contribution >= 4 is 27.5 Å². The summed E-state index contributed by atoms with van der Waals surface area (Å²) in [4.78, 5) is 31.5. The topological polar surface area (TPSA) is 76.6 Å². The molecule has 0 aliphatic rings. The van der Waals surface area contributed by atoms with Gasteiger partial charge in [0.2, 0.25) is 0 Å². The molecule has 1 aromatic heterocycles. The minimum Gasteiger partial charge on any atom is -0.478 e. The van der Waals surface area contributed by atoms with Crippen molar-refractivity contribution < 1.29 is 9.90 Å². The number of rotatable bonds is 7. The molecule has 0 aliphatic carbocycles. The Morgan fingerprint density at radius 3 is 2.31 bits per heavy atom. The molecule has 2 N–H and O–H groups in total. The minimum atomic E-state index is -1.01. The number of hydrogen-bond acceptors (Lipinski definition) is 4. The highest BCUT2D eigenvalue weighted by Gasteiger charge is 2.15. The van der Waals surface area contributed by atoms with Gasteiger partial charge in [0, 0.05) is 25.8 Å². The largest absolute Gasteiger partial charge is 0.478 e. The molecule has 0 fully saturated rings. The van der Waals surface area contributed by atoms with E-state index in [4.69, 9.17) is 0 Å². The summed E-state index contributed by atoms with van der Waals surface area (Å²) in [6, 6.07) is 17.3. The Morgan fingerprint density at radius 1 is 0.906 bits per heavy atom. The summed E-state index contributed by atoms with van der Waals surface area (Å²) in [7, 11) is 6.26. The van der Waals surface area contributed by atoms with Crippen LogP contribution in [0.4, 0.5) is 0 Å². The van der Waals surface area contributed by atoms with Crippen LogP contribution in [0.25, 0.3) is 32.7 Å². The molecule has 0 amide bonds. The first kappa shape index (κ1) is 21.7. The van der Waals surface area contributed by atoms with Crippen molar-refractivity contribution in [2.75, 3.05) is 34.2 Å². The van der Waals surface area contributed by atoms with Gasteiger partial charge >= 0.3 is 5.97 Å². The van der Waals surface area contributed by atoms with Crippen LogP contribution in [0, 0.1) is 0 Å². The van der Waals surface area contributed by atoms with Gasteiger partial charge in [-0.1, -0.05) is 36.4 Å². The molecule has 0 saturated heterocycles. The van der Waals surface area contributed by atoms with E-state index >= 15 is 0 Å². The summed E-state index contributed by atoms with van der Waals surface area (Å²) in [5.74, 6) is -1.01. The molecule has 0 spiro atoms. The van der Waals surface area contributed by atoms with Gasteiger partial charge in [-0.25, -0.2) is 4.79 Å². The second-order valence-corrected chi connectivity index (χ2v) is 8.50. The first-order valence-electron chi connectivity index (χ1n) is 10.6. The molecule has 0 saturated carbocycles. The van der Waals surface area contributed by atoms with Crippen LogP contribution in [0.1, 0.15) is 15.9 Å². The molecular weight excluding hydrogens is 402 g/mol. The fraction of sp³-hybridized carbons (Fsp3) is 0.231. The van der Waals surface area contributed by atoms with Crippen LogP contribution in [0.5, 0.6) is 0 Å². The van der Waals surface area contributed by atoms with Gasteiger partial charge in [0.05, 0.1) is 10.9 Å². The van der Waals surface area contributed by atoms with Crippen molar-refractivity contribution in [3.8, 4) is 11.1 Å². The lowest BCUT2D eigenvalue weighted by molar-refractivity contribution is 0.0699. The lowest BCUT2D eigenvalue weighted by Gasteiger charge is -2.19. The lowest BCUT2D eigenvalue weighted by Crippen LogP contribution is -2.28. The van der Waals surface area contributed by atoms with Gasteiger partial charge in [-0.2, -0.15) is 0 Å². The molecule has 0 radical (unpaired) electrons. The number of hydrogen-bond donors (Lipinski definition) is 2. The Hall–Kier alpha value is -3.48. The fourth-order valence-electron chi connectivity index (χ4n) is 4.03. The third-order valence-corrected chi connectivity index (χ3v) is 5.77. The van der Waals surface area contributed by atoms with Gasteiger partial charge in [-0.05, 0) is 72.2 Å². The molecule has 164 valence electrons. The van der Waals surface area contributed by atoms with Crippen molar-refractivity contribution in [2.45, 2.75) is 6.54 Å². The fourth-order valence-corrected chi connectivity index (χ4v) is 4.03. The normalized spacial score (nSPS) is 11.7. The summed E-state index contributed by atoms with van der Waals surface area (Å²) in [5, 5.41) is 12.0. The Kier molecular flexibility index (Phi) is 6.08. The van der Waals surface area contributed by atoms with Gasteiger partial charge in [0.25, 0.3) is 5.56 Å². The molecular formula is C26H27N3O3. The maximum atomic E-state index is 12.6. The van der Waals surface area contributed by atoms with Crippen LogP contribution in [-0.2, 0) is 6.54 Å². The van der Waals surface area contributed by atoms with E-state index in [1.54, 1.807) is 24.4 Å². The number of aromatic nitrogens is 1. The van der Waals surface area contributed by atoms with Crippen LogP contribution in [0.2, 0.25) is 0 Å². The monoisotopic (exact) mass is 429 g/mol. The van der Waals surface area contributed by atoms with Crippen LogP contribution >= 0.6 is 0 Å². The molecule has 3 aromatic carbocycles. The van der Waals surface area contributed by atoms with Gasteiger partial charge in [0.1, 0.15) is 0 Å². The zero-order valence-electron chi connectivity index (χ0n) is 18.6. The maximum absolute atomic E-state index is 12.6. The number of aromatic amines is 1. The average molecular weight is 430 g/mol. The minimum absolute atomic E-state index is 0.195. The number of carboxylic acid groups (broad SMARTS) is 1. The van der Waals surface area contributed by atoms with Gasteiger partial charge in [-0.15, -0.1) is 0 Å². The third-order valence-electron chi connectivity index (χ3n) is 5.77. The van der Waals surface area contributed by atoms with E-state index in [0.29, 0.717) is 21.5 Å². The summed E-state index contributed by atoms with van der Waals surface area (Å²) in [6.45, 7) is 2.87. The highest BCUT2D eigenvalue weighted by molar-refractivity contribution is 6.16. The van der Waals surface area contributed by atoms with E-state index < -0.39 is 5.97 Å². The molecule has 0 aliphatic heterocycles. The van der Waals surface area contributed by atoms with E-state index in [9.17, 15) is 14.7 Å². The summed E-state index contributed by atoms with van der Waals surface area (Å²) in [6.07, 6.45) is 1.54. The molecule has 6 heteroatoms. The van der Waals surface area contributed by atoms with Crippen molar-refractivity contribution in [2.24, 2.45) is 0 Å². The summed E-state index contributed by atoms with van der Waals surface area (Å²) >= 11 is 0. The van der Waals surface area contributed by atoms with Crippen molar-refractivity contribution in [3.05, 3.63) is 82.3 Å². The third kappa shape index (κ3) is 4.42. The number of likely N-dealkylation sites (N-methyl/N-ethyl adjacent to an activating group) is 2. The SMILES string of the molecule is CN(C)CCN(C)Cc1ccc(-c2ccc3c(C(=O)O)cc4cc[nH]c(=O)c4c3c2)cc1. The van der Waals surface area contributed by atoms with Crippen molar-refractivity contribution in [3.63, 3.8) is 0 Å². The maximum Gasteiger partial charge on any atom is 0.336 e. The second kappa shape index (κ2) is 8.94. The molecule has 0 unspecified atom stereocenters. The first-order valence-corrected chi connectivity index (χ1v) is 10.6. The Balaban J connectivity index is 1.72. The van der Waals surface area contributed by atoms with Crippen LogP contribution in [-0.4, -0.2) is 60.1 Å². The predicted molar refractivity (Wildman–Crippen MR) is 129 cm³/mol. The lowest BCUT2D eigenvalue weighted by atomic mass is 9.94. The molecule has 4 aromatic rings. The van der Waals surface area contributed by atoms with Gasteiger partial charge < -0.3 is 19.9 Å². The number of aromatic carboxylic acids is 1. The average Bonchev–Trinajstić information content (AvgIpc) is 2.77. The Bertz CT molecular complexity index is 1340. The van der Waals surface area contributed by atoms with Gasteiger partial charge in [0.15, 0.2) is 0 Å². The predicted octanol–water partition coefficient (Wildman–Crippen LogP) is 4.04. The smallest absolute Gasteiger partial charge is 0.336 e. The van der Waals surface area contributed by atoms with Crippen LogP contribution < -0.4 is 5.56 Å². The molecule has 6 nitrogen and oxygen atoms in total. The summed E-state index contributed by atoms with van der Waals surface area (Å²) in [5.41, 5.74) is 3.16. The Morgan fingerprint density at radius 2 is 1.62 bits per heavy atom. The number of benzene rings is 3. The number of nitrogens with zero attached hydrogens (tertiary/aromatic N) is 2. The zero-order chi connectivity index (χ0) is 22.8. The molecule has 1 heterocycles. The number of carbonyl (C=O) groups is 1. The first-order chi connectivity index (χ1) is 15.3. The highest BCUT2D eigenvalue weighted by Crippen LogP contribution is 2.31. The number of carboxylic acids is 1. The molecule has 0 bridgehead atoms.